The molecule has 168 valence electrons. The van der Waals surface area contributed by atoms with Crippen molar-refractivity contribution in [3.05, 3.63) is 91.0 Å². The molecule has 0 spiro atoms. The van der Waals surface area contributed by atoms with Gasteiger partial charge in [-0.25, -0.2) is 0 Å². The molecule has 0 atom stereocenters. The summed E-state index contributed by atoms with van der Waals surface area (Å²) in [6.45, 7) is 8.36. The van der Waals surface area contributed by atoms with Gasteiger partial charge in [-0.15, -0.1) is 11.3 Å². The molecule has 4 aromatic carbocycles. The molecular weight excluding hydrogens is 435 g/mol. The Morgan fingerprint density at radius 2 is 1.29 bits per heavy atom. The smallest absolute Gasteiger partial charge is 0.399 e. The number of hydrogen-bond acceptors (Lipinski definition) is 3. The van der Waals surface area contributed by atoms with E-state index in [-0.39, 0.29) is 18.3 Å². The zero-order valence-corrected chi connectivity index (χ0v) is 20.8. The summed E-state index contributed by atoms with van der Waals surface area (Å²) in [4.78, 5) is 0. The molecule has 1 saturated heterocycles. The Morgan fingerprint density at radius 1 is 0.618 bits per heavy atom. The number of thiophene rings is 1. The molecule has 0 radical (unpaired) electrons. The van der Waals surface area contributed by atoms with Gasteiger partial charge in [0.1, 0.15) is 0 Å². The number of benzene rings is 4. The van der Waals surface area contributed by atoms with E-state index in [1.165, 1.54) is 42.4 Å². The van der Waals surface area contributed by atoms with Crippen LogP contribution in [0.5, 0.6) is 0 Å². The van der Waals surface area contributed by atoms with E-state index in [0.29, 0.717) is 0 Å². The summed E-state index contributed by atoms with van der Waals surface area (Å²) in [5.41, 5.74) is 5.36. The fraction of sp³-hybridized carbons (Fsp3) is 0.200. The molecule has 1 aromatic heterocycles. The lowest BCUT2D eigenvalue weighted by atomic mass is 9.78. The van der Waals surface area contributed by atoms with Crippen LogP contribution in [0, 0.1) is 0 Å². The second-order valence-corrected chi connectivity index (χ2v) is 11.1. The Kier molecular flexibility index (Phi) is 4.96. The van der Waals surface area contributed by atoms with E-state index in [0.717, 1.165) is 5.46 Å². The quantitative estimate of drug-likeness (QED) is 0.256. The topological polar surface area (TPSA) is 18.5 Å². The Bertz CT molecular complexity index is 1480. The van der Waals surface area contributed by atoms with E-state index in [1.807, 2.05) is 11.3 Å². The van der Waals surface area contributed by atoms with Crippen molar-refractivity contribution in [1.29, 1.82) is 0 Å². The lowest BCUT2D eigenvalue weighted by Crippen LogP contribution is -2.41. The van der Waals surface area contributed by atoms with Crippen LogP contribution in [0.2, 0.25) is 0 Å². The monoisotopic (exact) mass is 462 g/mol. The number of rotatable bonds is 3. The van der Waals surface area contributed by atoms with Crippen LogP contribution in [-0.2, 0) is 9.31 Å². The average Bonchev–Trinajstić information content (AvgIpc) is 3.32. The molecule has 0 aliphatic carbocycles. The molecule has 2 nitrogen and oxygen atoms in total. The maximum Gasteiger partial charge on any atom is 0.494 e. The summed E-state index contributed by atoms with van der Waals surface area (Å²) in [6, 6.07) is 32.7. The highest BCUT2D eigenvalue weighted by Gasteiger charge is 2.51. The first kappa shape index (κ1) is 21.6. The van der Waals surface area contributed by atoms with Crippen LogP contribution < -0.4 is 5.46 Å². The molecule has 0 unspecified atom stereocenters. The molecular formula is C30H27BO2S. The summed E-state index contributed by atoms with van der Waals surface area (Å²) in [7, 11) is -0.337. The van der Waals surface area contributed by atoms with Crippen molar-refractivity contribution in [2.75, 3.05) is 0 Å². The van der Waals surface area contributed by atoms with Crippen molar-refractivity contribution in [3.63, 3.8) is 0 Å². The number of fused-ring (bicyclic) bond motifs is 3. The van der Waals surface area contributed by atoms with E-state index in [9.17, 15) is 0 Å². The summed E-state index contributed by atoms with van der Waals surface area (Å²) < 4.78 is 15.1. The maximum atomic E-state index is 6.23. The van der Waals surface area contributed by atoms with Crippen molar-refractivity contribution in [2.45, 2.75) is 38.9 Å². The minimum Gasteiger partial charge on any atom is -0.399 e. The van der Waals surface area contributed by atoms with E-state index in [4.69, 9.17) is 9.31 Å². The molecule has 6 rings (SSSR count). The zero-order valence-electron chi connectivity index (χ0n) is 20.0. The summed E-state index contributed by atoms with van der Waals surface area (Å²) >= 11 is 1.87. The van der Waals surface area contributed by atoms with Crippen LogP contribution in [0.4, 0.5) is 0 Å². The molecule has 5 aromatic rings. The van der Waals surface area contributed by atoms with Gasteiger partial charge < -0.3 is 9.31 Å². The van der Waals surface area contributed by atoms with Crippen molar-refractivity contribution in [2.24, 2.45) is 0 Å². The Morgan fingerprint density at radius 3 is 2.00 bits per heavy atom. The van der Waals surface area contributed by atoms with Gasteiger partial charge >= 0.3 is 7.12 Å². The molecule has 1 aliphatic heterocycles. The normalized spacial score (nSPS) is 17.0. The van der Waals surface area contributed by atoms with Crippen LogP contribution in [0.3, 0.4) is 0 Å². The molecule has 0 bridgehead atoms. The third-order valence-electron chi connectivity index (χ3n) is 7.35. The first-order valence-corrected chi connectivity index (χ1v) is 12.6. The van der Waals surface area contributed by atoms with E-state index in [1.54, 1.807) is 0 Å². The molecule has 0 saturated carbocycles. The largest absolute Gasteiger partial charge is 0.494 e. The summed E-state index contributed by atoms with van der Waals surface area (Å²) in [5.74, 6) is 0. The summed E-state index contributed by atoms with van der Waals surface area (Å²) in [6.07, 6.45) is 0. The van der Waals surface area contributed by atoms with Crippen LogP contribution in [-0.4, -0.2) is 18.3 Å². The second kappa shape index (κ2) is 7.81. The highest BCUT2D eigenvalue weighted by atomic mass is 32.1. The second-order valence-electron chi connectivity index (χ2n) is 10.1. The SMILES string of the molecule is CC1(C)OB(c2ccc(-c3cccc4c3sc3ccc(-c5ccccc5)cc34)cc2)OC1(C)C. The lowest BCUT2D eigenvalue weighted by Gasteiger charge is -2.32. The molecule has 1 aliphatic rings. The van der Waals surface area contributed by atoms with Gasteiger partial charge in [0.15, 0.2) is 0 Å². The van der Waals surface area contributed by atoms with Crippen molar-refractivity contribution >= 4 is 44.1 Å². The Hall–Kier alpha value is -2.92. The Labute approximate surface area is 205 Å². The first-order chi connectivity index (χ1) is 16.3. The highest BCUT2D eigenvalue weighted by Crippen LogP contribution is 2.41. The predicted molar refractivity (Wildman–Crippen MR) is 146 cm³/mol. The average molecular weight is 462 g/mol. The van der Waals surface area contributed by atoms with Crippen molar-refractivity contribution < 1.29 is 9.31 Å². The van der Waals surface area contributed by atoms with Crippen molar-refractivity contribution in [3.8, 4) is 22.3 Å². The first-order valence-electron chi connectivity index (χ1n) is 11.8. The minimum absolute atomic E-state index is 0.336. The van der Waals surface area contributed by atoms with Gasteiger partial charge in [-0.1, -0.05) is 78.9 Å². The predicted octanol–water partition coefficient (Wildman–Crippen LogP) is 7.69. The van der Waals surface area contributed by atoms with Gasteiger partial charge in [0, 0.05) is 20.2 Å². The van der Waals surface area contributed by atoms with Gasteiger partial charge in [-0.3, -0.25) is 0 Å². The fourth-order valence-electron chi connectivity index (χ4n) is 4.63. The molecule has 1 fully saturated rings. The van der Waals surface area contributed by atoms with Crippen LogP contribution >= 0.6 is 11.3 Å². The molecule has 0 amide bonds. The standard InChI is InChI=1S/C30H27BO2S/c1-29(2)30(3,4)33-31(32-29)23-16-13-21(14-17-23)24-11-8-12-25-26-19-22(20-9-6-5-7-10-20)15-18-27(26)34-28(24)25/h5-19H,1-4H3. The van der Waals surface area contributed by atoms with Crippen molar-refractivity contribution in [1.82, 2.24) is 0 Å². The van der Waals surface area contributed by atoms with Gasteiger partial charge in [0.2, 0.25) is 0 Å². The molecule has 4 heteroatoms. The third kappa shape index (κ3) is 3.49. The Balaban J connectivity index is 1.38. The van der Waals surface area contributed by atoms with E-state index >= 15 is 0 Å². The van der Waals surface area contributed by atoms with Crippen LogP contribution in [0.1, 0.15) is 27.7 Å². The van der Waals surface area contributed by atoms with Gasteiger partial charge in [0.05, 0.1) is 11.2 Å². The van der Waals surface area contributed by atoms with Gasteiger partial charge in [0.25, 0.3) is 0 Å². The van der Waals surface area contributed by atoms with Crippen LogP contribution in [0.15, 0.2) is 91.0 Å². The molecule has 2 heterocycles. The minimum atomic E-state index is -0.337. The highest BCUT2D eigenvalue weighted by molar-refractivity contribution is 7.26. The zero-order chi connectivity index (χ0) is 23.5. The fourth-order valence-corrected chi connectivity index (χ4v) is 5.85. The summed E-state index contributed by atoms with van der Waals surface area (Å²) in [5, 5.41) is 2.63. The van der Waals surface area contributed by atoms with Gasteiger partial charge in [-0.2, -0.15) is 0 Å². The maximum absolute atomic E-state index is 6.23. The molecule has 34 heavy (non-hydrogen) atoms. The van der Waals surface area contributed by atoms with Gasteiger partial charge in [-0.05, 0) is 67.5 Å². The van der Waals surface area contributed by atoms with E-state index < -0.39 is 0 Å². The number of hydrogen-bond donors (Lipinski definition) is 0. The van der Waals surface area contributed by atoms with E-state index in [2.05, 4.69) is 119 Å². The molecule has 0 N–H and O–H groups in total. The third-order valence-corrected chi connectivity index (χ3v) is 8.57. The lowest BCUT2D eigenvalue weighted by molar-refractivity contribution is 0.00578. The van der Waals surface area contributed by atoms with Crippen LogP contribution in [0.25, 0.3) is 42.4 Å².